The molecule has 3 heterocycles. The van der Waals surface area contributed by atoms with Gasteiger partial charge in [-0.2, -0.15) is 5.10 Å². The van der Waals surface area contributed by atoms with E-state index in [-0.39, 0.29) is 11.9 Å². The quantitative estimate of drug-likeness (QED) is 0.737. The lowest BCUT2D eigenvalue weighted by Gasteiger charge is -2.33. The van der Waals surface area contributed by atoms with Gasteiger partial charge in [0.15, 0.2) is 0 Å². The summed E-state index contributed by atoms with van der Waals surface area (Å²) in [6.07, 6.45) is 10.6. The van der Waals surface area contributed by atoms with E-state index in [1.807, 2.05) is 10.8 Å². The Balaban J connectivity index is 1.53. The average molecular weight is 339 g/mol. The summed E-state index contributed by atoms with van der Waals surface area (Å²) in [5.74, 6) is -0.603. The fourth-order valence-corrected chi connectivity index (χ4v) is 3.29. The van der Waals surface area contributed by atoms with E-state index in [9.17, 15) is 9.18 Å². The predicted octanol–water partition coefficient (Wildman–Crippen LogP) is 2.69. The third-order valence-electron chi connectivity index (χ3n) is 4.58. The summed E-state index contributed by atoms with van der Waals surface area (Å²) < 4.78 is 17.9. The molecule has 2 aromatic heterocycles. The number of imidazole rings is 1. The SMILES string of the molecule is O=C(c1ccc(-n2cccn2)c(F)c1)N1CCCC(n2ccnc2)C1. The fourth-order valence-electron chi connectivity index (χ4n) is 3.29. The molecule has 0 bridgehead atoms. The van der Waals surface area contributed by atoms with E-state index < -0.39 is 5.82 Å². The smallest absolute Gasteiger partial charge is 0.254 e. The molecule has 7 heteroatoms. The number of likely N-dealkylation sites (tertiary alicyclic amines) is 1. The molecule has 0 spiro atoms. The molecule has 1 saturated heterocycles. The van der Waals surface area contributed by atoms with Crippen molar-refractivity contribution < 1.29 is 9.18 Å². The van der Waals surface area contributed by atoms with E-state index in [0.717, 1.165) is 12.8 Å². The molecule has 6 nitrogen and oxygen atoms in total. The highest BCUT2D eigenvalue weighted by atomic mass is 19.1. The molecule has 1 aliphatic heterocycles. The highest BCUT2D eigenvalue weighted by Crippen LogP contribution is 2.23. The van der Waals surface area contributed by atoms with Crippen molar-refractivity contribution in [2.75, 3.05) is 13.1 Å². The van der Waals surface area contributed by atoms with Gasteiger partial charge in [0.2, 0.25) is 0 Å². The number of amides is 1. The first-order chi connectivity index (χ1) is 12.2. The third-order valence-corrected chi connectivity index (χ3v) is 4.58. The largest absolute Gasteiger partial charge is 0.337 e. The summed E-state index contributed by atoms with van der Waals surface area (Å²) in [5, 5.41) is 4.02. The molecule has 128 valence electrons. The topological polar surface area (TPSA) is 56.0 Å². The molecule has 0 radical (unpaired) electrons. The number of carbonyl (C=O) groups is 1. The maximum absolute atomic E-state index is 14.4. The Morgan fingerprint density at radius 3 is 2.88 bits per heavy atom. The van der Waals surface area contributed by atoms with Crippen molar-refractivity contribution in [2.24, 2.45) is 0 Å². The Morgan fingerprint density at radius 1 is 1.24 bits per heavy atom. The summed E-state index contributed by atoms with van der Waals surface area (Å²) in [7, 11) is 0. The maximum atomic E-state index is 14.4. The number of nitrogens with zero attached hydrogens (tertiary/aromatic N) is 5. The standard InChI is InChI=1S/C18H18FN5O/c19-16-11-14(4-5-17(16)24-9-2-6-21-24)18(25)22-8-1-3-15(12-22)23-10-7-20-13-23/h2,4-7,9-11,13,15H,1,3,8,12H2. The Hall–Kier alpha value is -2.96. The van der Waals surface area contributed by atoms with Crippen LogP contribution in [-0.2, 0) is 0 Å². The van der Waals surface area contributed by atoms with E-state index in [2.05, 4.69) is 10.1 Å². The van der Waals surface area contributed by atoms with Crippen LogP contribution in [0.5, 0.6) is 0 Å². The number of carbonyl (C=O) groups excluding carboxylic acids is 1. The Labute approximate surface area is 144 Å². The van der Waals surface area contributed by atoms with Crippen molar-refractivity contribution in [1.82, 2.24) is 24.2 Å². The van der Waals surface area contributed by atoms with Gasteiger partial charge < -0.3 is 9.47 Å². The number of hydrogen-bond acceptors (Lipinski definition) is 3. The van der Waals surface area contributed by atoms with Crippen molar-refractivity contribution in [3.63, 3.8) is 0 Å². The average Bonchev–Trinajstić information content (AvgIpc) is 3.35. The fraction of sp³-hybridized carbons (Fsp3) is 0.278. The van der Waals surface area contributed by atoms with Crippen LogP contribution in [-0.4, -0.2) is 43.2 Å². The van der Waals surface area contributed by atoms with Crippen LogP contribution >= 0.6 is 0 Å². The Morgan fingerprint density at radius 2 is 2.16 bits per heavy atom. The molecule has 4 rings (SSSR count). The third kappa shape index (κ3) is 3.05. The molecule has 1 aromatic carbocycles. The van der Waals surface area contributed by atoms with Gasteiger partial charge in [-0.05, 0) is 37.1 Å². The number of rotatable bonds is 3. The van der Waals surface area contributed by atoms with Crippen molar-refractivity contribution >= 4 is 5.91 Å². The van der Waals surface area contributed by atoms with Gasteiger partial charge in [-0.15, -0.1) is 0 Å². The molecule has 0 N–H and O–H groups in total. The second-order valence-electron chi connectivity index (χ2n) is 6.17. The Kier molecular flexibility index (Phi) is 4.05. The van der Waals surface area contributed by atoms with Gasteiger partial charge in [-0.3, -0.25) is 4.79 Å². The van der Waals surface area contributed by atoms with E-state index in [1.165, 1.54) is 10.7 Å². The molecule has 1 aliphatic rings. The van der Waals surface area contributed by atoms with Crippen molar-refractivity contribution in [3.05, 3.63) is 66.8 Å². The molecule has 1 amide bonds. The van der Waals surface area contributed by atoms with E-state index in [1.54, 1.807) is 48.0 Å². The van der Waals surface area contributed by atoms with Crippen LogP contribution in [0.2, 0.25) is 0 Å². The first-order valence-electron chi connectivity index (χ1n) is 8.28. The van der Waals surface area contributed by atoms with Gasteiger partial charge in [0.05, 0.1) is 12.4 Å². The highest BCUT2D eigenvalue weighted by Gasteiger charge is 2.25. The second-order valence-corrected chi connectivity index (χ2v) is 6.17. The minimum Gasteiger partial charge on any atom is -0.337 e. The lowest BCUT2D eigenvalue weighted by molar-refractivity contribution is 0.0679. The van der Waals surface area contributed by atoms with Crippen LogP contribution in [0.15, 0.2) is 55.4 Å². The number of benzene rings is 1. The van der Waals surface area contributed by atoms with Crippen molar-refractivity contribution in [2.45, 2.75) is 18.9 Å². The number of aromatic nitrogens is 4. The van der Waals surface area contributed by atoms with E-state index >= 15 is 0 Å². The summed E-state index contributed by atoms with van der Waals surface area (Å²) in [4.78, 5) is 18.6. The molecule has 1 atom stereocenters. The zero-order valence-electron chi connectivity index (χ0n) is 13.6. The molecule has 25 heavy (non-hydrogen) atoms. The highest BCUT2D eigenvalue weighted by molar-refractivity contribution is 5.94. The molecule has 0 saturated carbocycles. The molecular weight excluding hydrogens is 321 g/mol. The first-order valence-corrected chi connectivity index (χ1v) is 8.28. The van der Waals surface area contributed by atoms with E-state index in [4.69, 9.17) is 0 Å². The number of halogens is 1. The summed E-state index contributed by atoms with van der Waals surface area (Å²) >= 11 is 0. The van der Waals surface area contributed by atoms with Crippen molar-refractivity contribution in [1.29, 1.82) is 0 Å². The molecule has 1 unspecified atom stereocenters. The Bertz CT molecular complexity index is 860. The van der Waals surface area contributed by atoms with Gasteiger partial charge >= 0.3 is 0 Å². The lowest BCUT2D eigenvalue weighted by atomic mass is 10.0. The van der Waals surface area contributed by atoms with Gasteiger partial charge in [-0.1, -0.05) is 0 Å². The second kappa shape index (κ2) is 6.51. The molecule has 3 aromatic rings. The maximum Gasteiger partial charge on any atom is 0.254 e. The van der Waals surface area contributed by atoms with Crippen LogP contribution in [0.3, 0.4) is 0 Å². The number of piperidine rings is 1. The minimum atomic E-state index is -0.460. The zero-order valence-corrected chi connectivity index (χ0v) is 13.6. The van der Waals surface area contributed by atoms with Gasteiger partial charge in [0.25, 0.3) is 5.91 Å². The minimum absolute atomic E-state index is 0.143. The predicted molar refractivity (Wildman–Crippen MR) is 89.9 cm³/mol. The van der Waals surface area contributed by atoms with Gasteiger partial charge in [-0.25, -0.2) is 14.1 Å². The van der Waals surface area contributed by atoms with E-state index in [0.29, 0.717) is 24.3 Å². The first kappa shape index (κ1) is 15.6. The summed E-state index contributed by atoms with van der Waals surface area (Å²) in [6, 6.07) is 6.48. The molecule has 1 fully saturated rings. The van der Waals surface area contributed by atoms with Crippen LogP contribution in [0.4, 0.5) is 4.39 Å². The van der Waals surface area contributed by atoms with Crippen LogP contribution in [0.1, 0.15) is 29.2 Å². The summed E-state index contributed by atoms with van der Waals surface area (Å²) in [6.45, 7) is 1.30. The monoisotopic (exact) mass is 339 g/mol. The van der Waals surface area contributed by atoms with Crippen LogP contribution in [0, 0.1) is 5.82 Å². The summed E-state index contributed by atoms with van der Waals surface area (Å²) in [5.41, 5.74) is 0.691. The zero-order chi connectivity index (χ0) is 17.2. The number of hydrogen-bond donors (Lipinski definition) is 0. The van der Waals surface area contributed by atoms with Crippen molar-refractivity contribution in [3.8, 4) is 5.69 Å². The van der Waals surface area contributed by atoms with Crippen LogP contribution in [0.25, 0.3) is 5.69 Å². The lowest BCUT2D eigenvalue weighted by Crippen LogP contribution is -2.40. The van der Waals surface area contributed by atoms with Gasteiger partial charge in [0.1, 0.15) is 11.5 Å². The van der Waals surface area contributed by atoms with Gasteiger partial charge in [0, 0.05) is 43.4 Å². The van der Waals surface area contributed by atoms with Crippen LogP contribution < -0.4 is 0 Å². The molecular formula is C18H18FN5O. The normalized spacial score (nSPS) is 17.6. The molecule has 0 aliphatic carbocycles.